The summed E-state index contributed by atoms with van der Waals surface area (Å²) >= 11 is 0. The Morgan fingerprint density at radius 3 is 1.62 bits per heavy atom. The molecule has 184 valence electrons. The van der Waals surface area contributed by atoms with Crippen molar-refractivity contribution < 1.29 is 49.7 Å². The van der Waals surface area contributed by atoms with Gasteiger partial charge in [-0.3, -0.25) is 0 Å². The molecule has 2 fully saturated rings. The van der Waals surface area contributed by atoms with Crippen LogP contribution in [0.15, 0.2) is 0 Å². The van der Waals surface area contributed by atoms with Gasteiger partial charge in [0.2, 0.25) is 0 Å². The number of halogens is 9. The second-order valence-electron chi connectivity index (χ2n) is 7.12. The van der Waals surface area contributed by atoms with Gasteiger partial charge in [0.05, 0.1) is 0 Å². The third-order valence-electron chi connectivity index (χ3n) is 5.73. The third-order valence-corrected chi connectivity index (χ3v) is 5.73. The van der Waals surface area contributed by atoms with Gasteiger partial charge in [-0.1, -0.05) is 38.2 Å². The number of hydrogen-bond donors (Lipinski definition) is 2. The van der Waals surface area contributed by atoms with Crippen LogP contribution < -0.4 is 0 Å². The first-order valence-corrected chi connectivity index (χ1v) is 8.09. The van der Waals surface area contributed by atoms with Crippen molar-refractivity contribution in [2.75, 3.05) is 0 Å². The van der Waals surface area contributed by atoms with E-state index in [4.69, 9.17) is 0 Å². The summed E-state index contributed by atoms with van der Waals surface area (Å²) in [7, 11) is 0. The molecule has 0 radical (unpaired) electrons. The van der Waals surface area contributed by atoms with Crippen molar-refractivity contribution in [3.8, 4) is 0 Å². The Kier molecular flexibility index (Phi) is 7.33. The molecule has 0 heterocycles. The van der Waals surface area contributed by atoms with Crippen molar-refractivity contribution in [3.63, 3.8) is 0 Å². The summed E-state index contributed by atoms with van der Waals surface area (Å²) in [5, 5.41) is 18.9. The molecule has 4 unspecified atom stereocenters. The molecule has 2 N–H and O–H groups in total. The number of aliphatic hydroxyl groups excluding tert-OH is 1. The van der Waals surface area contributed by atoms with Gasteiger partial charge < -0.3 is 10.2 Å². The third kappa shape index (κ3) is 4.25. The molecule has 0 saturated heterocycles. The number of hydrogen-bond acceptors (Lipinski definition) is 2. The minimum absolute atomic E-state index is 0. The van der Waals surface area contributed by atoms with Gasteiger partial charge in [-0.15, -0.1) is 5.92 Å². The van der Waals surface area contributed by atoms with Crippen LogP contribution in [0.5, 0.6) is 0 Å². The van der Waals surface area contributed by atoms with E-state index in [0.717, 1.165) is 0 Å². The zero-order valence-electron chi connectivity index (χ0n) is 14.3. The largest absolute Gasteiger partial charge is 0.554 e. The van der Waals surface area contributed by atoms with Crippen LogP contribution in [0.3, 0.4) is 0 Å². The molecule has 2 saturated carbocycles. The number of fused-ring (bicyclic) bond motifs is 1. The number of alkyl halides is 9. The molecule has 2 nitrogen and oxygen atoms in total. The SMILES string of the molecule is O[C-](C1CCC2C(CCCC2C(O)(C(F)(F)F)C(F)(F)F)C1)C(F)(F)F.[Cf].[Cf].[Cf]. The van der Waals surface area contributed by atoms with E-state index in [1.807, 2.05) is 0 Å². The van der Waals surface area contributed by atoms with Crippen molar-refractivity contribution in [1.82, 2.24) is 0 Å². The predicted molar refractivity (Wildman–Crippen MR) is 70.0 cm³/mol. The van der Waals surface area contributed by atoms with Crippen LogP contribution in [0.1, 0.15) is 38.5 Å². The zero-order valence-corrected chi connectivity index (χ0v) is 22.2. The van der Waals surface area contributed by atoms with E-state index in [9.17, 15) is 49.7 Å². The molecule has 0 amide bonds. The minimum Gasteiger partial charge on any atom is -0.554 e. The van der Waals surface area contributed by atoms with Crippen LogP contribution in [0.4, 0.5) is 39.5 Å². The molecule has 2 aliphatic carbocycles. The first kappa shape index (κ1) is 27.5. The second-order valence-corrected chi connectivity index (χ2v) is 7.12. The van der Waals surface area contributed by atoms with Gasteiger partial charge in [0.25, 0.3) is 11.8 Å². The smallest absolute Gasteiger partial charge is 0.426 e. The first-order chi connectivity index (χ1) is 11.6. The van der Waals surface area contributed by atoms with Crippen molar-refractivity contribution in [2.24, 2.45) is 23.7 Å². The number of aliphatic hydroxyl groups is 2. The van der Waals surface area contributed by atoms with E-state index in [1.165, 1.54) is 0 Å². The maximum Gasteiger partial charge on any atom is 0.426 e. The molecule has 14 heteroatoms. The van der Waals surface area contributed by atoms with Crippen molar-refractivity contribution in [1.29, 1.82) is 0 Å². The standard InChI is InChI=1S/C15H18F9O2.3Cf/c16-13(17,18)11(25)8-4-5-9-7(6-8)2-1-3-10(9)12(26,14(19,20)21)15(22,23)24;;;/h7-10,25-26H,1-6H2;;;/q-1;;;. The summed E-state index contributed by atoms with van der Waals surface area (Å²) in [5.74, 6) is -5.59. The van der Waals surface area contributed by atoms with Crippen LogP contribution in [0, 0.1) is 29.8 Å². The Bertz CT molecular complexity index is 497. The van der Waals surface area contributed by atoms with Gasteiger partial charge in [0, 0.05) is 5.92 Å². The fourth-order valence-corrected chi connectivity index (χ4v) is 4.54. The maximum absolute atomic E-state index is 13.1. The molecule has 0 aromatic rings. The van der Waals surface area contributed by atoms with Crippen LogP contribution in [-0.4, -0.2) is 34.3 Å². The summed E-state index contributed by atoms with van der Waals surface area (Å²) < 4.78 is 117. The van der Waals surface area contributed by atoms with Crippen LogP contribution in [0.2, 0.25) is 0 Å². The maximum atomic E-state index is 13.1. The van der Waals surface area contributed by atoms with Gasteiger partial charge in [0.15, 0.2) is 0 Å². The van der Waals surface area contributed by atoms with E-state index >= 15 is 0 Å². The van der Waals surface area contributed by atoms with Gasteiger partial charge >= 0.3 is 12.4 Å². The summed E-state index contributed by atoms with van der Waals surface area (Å²) in [5.41, 5.74) is -4.90. The summed E-state index contributed by atoms with van der Waals surface area (Å²) in [6, 6.07) is 0. The normalized spacial score (nSPS) is 28.6. The monoisotopic (exact) mass is 1150 g/mol. The molecule has 0 aromatic carbocycles. The Morgan fingerprint density at radius 2 is 1.21 bits per heavy atom. The van der Waals surface area contributed by atoms with Crippen molar-refractivity contribution in [2.45, 2.75) is 62.7 Å². The van der Waals surface area contributed by atoms with E-state index in [1.54, 1.807) is 0 Å². The van der Waals surface area contributed by atoms with Crippen molar-refractivity contribution >= 4 is 0 Å². The van der Waals surface area contributed by atoms with E-state index in [-0.39, 0.29) is 32.1 Å². The first-order valence-electron chi connectivity index (χ1n) is 8.09. The molecule has 0 bridgehead atoms. The number of rotatable bonds is 2. The summed E-state index contributed by atoms with van der Waals surface area (Å²) in [4.78, 5) is 0. The molecule has 4 atom stereocenters. The molecule has 2 rings (SSSR count). The van der Waals surface area contributed by atoms with E-state index in [0.29, 0.717) is 0 Å². The molecule has 2 aliphatic rings. The van der Waals surface area contributed by atoms with Crippen LogP contribution in [0.25, 0.3) is 0 Å². The van der Waals surface area contributed by atoms with Gasteiger partial charge in [0.1, 0.15) is 0 Å². The summed E-state index contributed by atoms with van der Waals surface area (Å²) in [6.45, 7) is 0. The minimum atomic E-state index is -5.95. The predicted octanol–water partition coefficient (Wildman–Crippen LogP) is 5.14. The average molecular weight is 1150 g/mol. The Morgan fingerprint density at radius 1 is 0.724 bits per heavy atom. The quantitative estimate of drug-likeness (QED) is 0.298. The van der Waals surface area contributed by atoms with Gasteiger partial charge in [-0.2, -0.15) is 26.3 Å². The fraction of sp³-hybridized carbons (Fsp3) is 0.933. The van der Waals surface area contributed by atoms with E-state index < -0.39 is 60.3 Å². The van der Waals surface area contributed by atoms with Crippen molar-refractivity contribution in [3.05, 3.63) is 6.10 Å². The summed E-state index contributed by atoms with van der Waals surface area (Å²) in [6.07, 6.45) is -20.1. The Balaban J connectivity index is 0. The van der Waals surface area contributed by atoms with Crippen LogP contribution in [-0.2, 0) is 0 Å². The average Bonchev–Trinajstić information content (AvgIpc) is 2.49. The molecule has 29 heavy (non-hydrogen) atoms. The molecule has 0 aromatic heterocycles. The fourth-order valence-electron chi connectivity index (χ4n) is 4.54. The van der Waals surface area contributed by atoms with Gasteiger partial charge in [-0.05, 0) is 18.3 Å². The zero-order chi connectivity index (χ0) is 20.1. The second kappa shape index (κ2) is 7.73. The molecule has 0 spiro atoms. The van der Waals surface area contributed by atoms with E-state index in [2.05, 4.69) is 0 Å². The molecular formula is C15H18Cf3F9O2-. The topological polar surface area (TPSA) is 40.5 Å². The Hall–Kier alpha value is -3.71. The van der Waals surface area contributed by atoms with Crippen LogP contribution >= 0.6 is 0 Å². The molecular weight excluding hydrogens is 1140 g/mol. The molecule has 0 aliphatic heterocycles. The van der Waals surface area contributed by atoms with Gasteiger partial charge in [-0.25, -0.2) is 13.2 Å². The Labute approximate surface area is 143 Å².